The number of aryl methyl sites for hydroxylation is 1. The molecule has 3 aromatic carbocycles. The molecular weight excluding hydrogens is 449 g/mol. The highest BCUT2D eigenvalue weighted by Crippen LogP contribution is 2.33. The summed E-state index contributed by atoms with van der Waals surface area (Å²) in [4.78, 5) is 20.6. The summed E-state index contributed by atoms with van der Waals surface area (Å²) in [6.45, 7) is 4.61. The first kappa shape index (κ1) is 22.2. The highest BCUT2D eigenvalue weighted by atomic mass is 19.1. The van der Waals surface area contributed by atoms with Crippen LogP contribution in [-0.4, -0.2) is 26.7 Å². The Morgan fingerprint density at radius 1 is 0.944 bits per heavy atom. The lowest BCUT2D eigenvalue weighted by Crippen LogP contribution is -2.38. The number of pyridine rings is 1. The number of carbonyl (C=O) groups is 1. The van der Waals surface area contributed by atoms with Gasteiger partial charge in [0, 0.05) is 30.1 Å². The molecule has 0 unspecified atom stereocenters. The minimum absolute atomic E-state index is 0.0154. The predicted octanol–water partition coefficient (Wildman–Crippen LogP) is 6.88. The standard InChI is InChI=1S/C31H26FN3O/c1-20-12-13-26(28(32)16-20)29-19-34-18-24(17-27(30(34)33-29)22-8-4-3-5-9-22)31(36)35-15-14-23-10-6-7-11-25(23)21(35)2/h3-13,16-19,21H,14-15H2,1-2H3/t21-/m1/s1. The van der Waals surface area contributed by atoms with Gasteiger partial charge in [0.25, 0.3) is 5.91 Å². The minimum atomic E-state index is -0.309. The maximum Gasteiger partial charge on any atom is 0.255 e. The number of aromatic nitrogens is 2. The molecule has 5 heteroatoms. The average molecular weight is 476 g/mol. The topological polar surface area (TPSA) is 37.6 Å². The number of hydrogen-bond acceptors (Lipinski definition) is 2. The van der Waals surface area contributed by atoms with Crippen LogP contribution in [0.3, 0.4) is 0 Å². The van der Waals surface area contributed by atoms with E-state index in [2.05, 4.69) is 25.1 Å². The summed E-state index contributed by atoms with van der Waals surface area (Å²) < 4.78 is 16.6. The van der Waals surface area contributed by atoms with Crippen molar-refractivity contribution in [1.29, 1.82) is 0 Å². The second-order valence-electron chi connectivity index (χ2n) is 9.47. The van der Waals surface area contributed by atoms with E-state index in [4.69, 9.17) is 4.98 Å². The van der Waals surface area contributed by atoms with Crippen molar-refractivity contribution < 1.29 is 9.18 Å². The second kappa shape index (κ2) is 8.76. The molecule has 178 valence electrons. The van der Waals surface area contributed by atoms with E-state index in [9.17, 15) is 9.18 Å². The third-order valence-electron chi connectivity index (χ3n) is 7.14. The summed E-state index contributed by atoms with van der Waals surface area (Å²) in [5.74, 6) is -0.329. The molecule has 1 aliphatic rings. The first-order valence-electron chi connectivity index (χ1n) is 12.2. The molecule has 0 saturated heterocycles. The van der Waals surface area contributed by atoms with Crippen molar-refractivity contribution in [2.75, 3.05) is 6.54 Å². The maximum atomic E-state index is 14.8. The molecule has 0 bridgehead atoms. The van der Waals surface area contributed by atoms with Gasteiger partial charge in [-0.15, -0.1) is 0 Å². The summed E-state index contributed by atoms with van der Waals surface area (Å²) in [5.41, 5.74) is 7.39. The van der Waals surface area contributed by atoms with Crippen molar-refractivity contribution >= 4 is 11.6 Å². The third kappa shape index (κ3) is 3.77. The Bertz CT molecular complexity index is 1610. The number of halogens is 1. The van der Waals surface area contributed by atoms with Gasteiger partial charge in [-0.3, -0.25) is 4.79 Å². The summed E-state index contributed by atoms with van der Waals surface area (Å²) in [6.07, 6.45) is 4.46. The number of carbonyl (C=O) groups excluding carboxylic acids is 1. The third-order valence-corrected chi connectivity index (χ3v) is 7.14. The van der Waals surface area contributed by atoms with Crippen molar-refractivity contribution in [2.45, 2.75) is 26.3 Å². The second-order valence-corrected chi connectivity index (χ2v) is 9.47. The van der Waals surface area contributed by atoms with Gasteiger partial charge >= 0.3 is 0 Å². The van der Waals surface area contributed by atoms with Crippen molar-refractivity contribution in [1.82, 2.24) is 14.3 Å². The molecule has 1 aliphatic heterocycles. The van der Waals surface area contributed by atoms with Crippen molar-refractivity contribution in [2.24, 2.45) is 0 Å². The number of amides is 1. The Kier molecular flexibility index (Phi) is 5.41. The molecule has 1 amide bonds. The number of fused-ring (bicyclic) bond motifs is 2. The quantitative estimate of drug-likeness (QED) is 0.285. The Morgan fingerprint density at radius 2 is 1.72 bits per heavy atom. The summed E-state index contributed by atoms with van der Waals surface area (Å²) >= 11 is 0. The van der Waals surface area contributed by atoms with Crippen molar-refractivity contribution in [3.63, 3.8) is 0 Å². The van der Waals surface area contributed by atoms with Gasteiger partial charge in [-0.1, -0.05) is 60.7 Å². The molecule has 0 spiro atoms. The molecule has 0 saturated carbocycles. The van der Waals surface area contributed by atoms with Gasteiger partial charge in [-0.25, -0.2) is 9.37 Å². The van der Waals surface area contributed by atoms with E-state index < -0.39 is 0 Å². The largest absolute Gasteiger partial charge is 0.331 e. The lowest BCUT2D eigenvalue weighted by molar-refractivity contribution is 0.0677. The predicted molar refractivity (Wildman–Crippen MR) is 140 cm³/mol. The van der Waals surface area contributed by atoms with Crippen molar-refractivity contribution in [3.8, 4) is 22.4 Å². The van der Waals surface area contributed by atoms with Crippen LogP contribution in [-0.2, 0) is 6.42 Å². The molecule has 0 fully saturated rings. The fraction of sp³-hybridized carbons (Fsp3) is 0.161. The Balaban J connectivity index is 1.48. The zero-order chi connectivity index (χ0) is 24.8. The van der Waals surface area contributed by atoms with Crippen molar-refractivity contribution in [3.05, 3.63) is 119 Å². The van der Waals surface area contributed by atoms with E-state index in [-0.39, 0.29) is 17.8 Å². The molecule has 4 nitrogen and oxygen atoms in total. The maximum absolute atomic E-state index is 14.8. The number of imidazole rings is 1. The van der Waals surface area contributed by atoms with Crippen LogP contribution in [0.2, 0.25) is 0 Å². The fourth-order valence-electron chi connectivity index (χ4n) is 5.22. The monoisotopic (exact) mass is 475 g/mol. The molecule has 3 heterocycles. The molecule has 0 N–H and O–H groups in total. The first-order chi connectivity index (χ1) is 17.5. The van der Waals surface area contributed by atoms with Gasteiger partial charge in [0.2, 0.25) is 0 Å². The number of hydrogen-bond donors (Lipinski definition) is 0. The Labute approximate surface area is 209 Å². The van der Waals surface area contributed by atoms with Crippen LogP contribution < -0.4 is 0 Å². The van der Waals surface area contributed by atoms with Crippen LogP contribution in [0.1, 0.15) is 40.0 Å². The highest BCUT2D eigenvalue weighted by molar-refractivity contribution is 5.97. The zero-order valence-electron chi connectivity index (χ0n) is 20.3. The summed E-state index contributed by atoms with van der Waals surface area (Å²) in [7, 11) is 0. The zero-order valence-corrected chi connectivity index (χ0v) is 20.3. The average Bonchev–Trinajstić information content (AvgIpc) is 3.32. The molecule has 5 aromatic rings. The smallest absolute Gasteiger partial charge is 0.255 e. The van der Waals surface area contributed by atoms with Gasteiger partial charge < -0.3 is 9.30 Å². The Morgan fingerprint density at radius 3 is 2.53 bits per heavy atom. The lowest BCUT2D eigenvalue weighted by Gasteiger charge is -2.35. The van der Waals surface area contributed by atoms with Gasteiger partial charge in [-0.05, 0) is 60.7 Å². The van der Waals surface area contributed by atoms with E-state index >= 15 is 0 Å². The normalized spacial score (nSPS) is 15.2. The molecule has 0 radical (unpaired) electrons. The number of rotatable bonds is 3. The van der Waals surface area contributed by atoms with E-state index in [0.717, 1.165) is 23.1 Å². The van der Waals surface area contributed by atoms with Crippen LogP contribution in [0.15, 0.2) is 91.3 Å². The molecule has 36 heavy (non-hydrogen) atoms. The number of nitrogens with zero attached hydrogens (tertiary/aromatic N) is 3. The molecule has 1 atom stereocenters. The van der Waals surface area contributed by atoms with E-state index in [1.807, 2.05) is 71.0 Å². The van der Waals surface area contributed by atoms with E-state index in [1.165, 1.54) is 17.2 Å². The fourth-order valence-corrected chi connectivity index (χ4v) is 5.22. The lowest BCUT2D eigenvalue weighted by atomic mass is 9.93. The van der Waals surface area contributed by atoms with Gasteiger partial charge in [0.15, 0.2) is 0 Å². The highest BCUT2D eigenvalue weighted by Gasteiger charge is 2.29. The van der Waals surface area contributed by atoms with Gasteiger partial charge in [-0.2, -0.15) is 0 Å². The molecule has 6 rings (SSSR count). The van der Waals surface area contributed by atoms with Crippen LogP contribution in [0, 0.1) is 12.7 Å². The summed E-state index contributed by atoms with van der Waals surface area (Å²) in [6, 6.07) is 25.3. The molecule has 2 aromatic heterocycles. The van der Waals surface area contributed by atoms with Crippen LogP contribution >= 0.6 is 0 Å². The SMILES string of the molecule is Cc1ccc(-c2cn3cc(C(=O)N4CCc5ccccc5[C@H]4C)cc(-c4ccccc4)c3n2)c(F)c1. The van der Waals surface area contributed by atoms with E-state index in [1.54, 1.807) is 12.3 Å². The van der Waals surface area contributed by atoms with Gasteiger partial charge in [0.05, 0.1) is 17.3 Å². The van der Waals surface area contributed by atoms with E-state index in [0.29, 0.717) is 29.0 Å². The summed E-state index contributed by atoms with van der Waals surface area (Å²) in [5, 5.41) is 0. The first-order valence-corrected chi connectivity index (χ1v) is 12.2. The number of benzene rings is 3. The molecule has 0 aliphatic carbocycles. The van der Waals surface area contributed by atoms with Crippen LogP contribution in [0.4, 0.5) is 4.39 Å². The minimum Gasteiger partial charge on any atom is -0.331 e. The van der Waals surface area contributed by atoms with Crippen LogP contribution in [0.5, 0.6) is 0 Å². The van der Waals surface area contributed by atoms with Gasteiger partial charge in [0.1, 0.15) is 11.5 Å². The molecular formula is C31H26FN3O. The Hall–Kier alpha value is -4.25. The van der Waals surface area contributed by atoms with Crippen LogP contribution in [0.25, 0.3) is 28.0 Å².